The summed E-state index contributed by atoms with van der Waals surface area (Å²) in [6.45, 7) is 0. The number of benzene rings is 3. The molecular formula is C18H11NOS2. The minimum atomic E-state index is -0.119. The van der Waals surface area contributed by atoms with Crippen LogP contribution in [0, 0.1) is 0 Å². The van der Waals surface area contributed by atoms with Gasteiger partial charge in [-0.15, -0.1) is 0 Å². The summed E-state index contributed by atoms with van der Waals surface area (Å²) in [4.78, 5) is 12.6. The number of nitrogens with one attached hydrogen (secondary N) is 1. The lowest BCUT2D eigenvalue weighted by molar-refractivity contribution is -0.115. The Bertz CT molecular complexity index is 921. The summed E-state index contributed by atoms with van der Waals surface area (Å²) in [5.41, 5.74) is 1.07. The molecule has 1 N–H and O–H groups in total. The molecule has 0 aromatic heterocycles. The molecule has 2 nitrogen and oxygen atoms in total. The molecule has 0 unspecified atom stereocenters. The smallest absolute Gasteiger partial charge is 0.263 e. The van der Waals surface area contributed by atoms with E-state index >= 15 is 0 Å². The lowest BCUT2D eigenvalue weighted by Gasteiger charge is -2.08. The van der Waals surface area contributed by atoms with Crippen LogP contribution in [-0.2, 0) is 4.79 Å². The van der Waals surface area contributed by atoms with Crippen molar-refractivity contribution in [2.75, 3.05) is 0 Å². The van der Waals surface area contributed by atoms with E-state index in [1.165, 1.54) is 22.5 Å². The Morgan fingerprint density at radius 3 is 2.09 bits per heavy atom. The second-order valence-electron chi connectivity index (χ2n) is 5.08. The first-order valence-corrected chi connectivity index (χ1v) is 8.10. The van der Waals surface area contributed by atoms with Crippen LogP contribution in [0.25, 0.3) is 27.6 Å². The Labute approximate surface area is 137 Å². The number of amides is 1. The number of thiocarbonyl (C=S) groups is 1. The number of rotatable bonds is 1. The van der Waals surface area contributed by atoms with Crippen LogP contribution in [0.4, 0.5) is 0 Å². The molecule has 3 aromatic carbocycles. The van der Waals surface area contributed by atoms with Gasteiger partial charge in [0.1, 0.15) is 4.32 Å². The first-order valence-electron chi connectivity index (χ1n) is 6.88. The molecule has 22 heavy (non-hydrogen) atoms. The summed E-state index contributed by atoms with van der Waals surface area (Å²) in [6, 6.07) is 18.6. The summed E-state index contributed by atoms with van der Waals surface area (Å²) in [6.07, 6.45) is 1.95. The quantitative estimate of drug-likeness (QED) is 0.407. The number of fused-ring (bicyclic) bond motifs is 2. The third-order valence-corrected chi connectivity index (χ3v) is 4.89. The van der Waals surface area contributed by atoms with Crippen LogP contribution in [0.5, 0.6) is 0 Å². The lowest BCUT2D eigenvalue weighted by atomic mass is 9.96. The van der Waals surface area contributed by atoms with E-state index in [1.54, 1.807) is 0 Å². The van der Waals surface area contributed by atoms with Gasteiger partial charge in [-0.2, -0.15) is 0 Å². The van der Waals surface area contributed by atoms with Crippen molar-refractivity contribution in [3.63, 3.8) is 0 Å². The van der Waals surface area contributed by atoms with Crippen molar-refractivity contribution in [3.8, 4) is 0 Å². The fraction of sp³-hybridized carbons (Fsp3) is 0. The highest BCUT2D eigenvalue weighted by Crippen LogP contribution is 2.33. The van der Waals surface area contributed by atoms with E-state index in [0.717, 1.165) is 16.3 Å². The maximum absolute atomic E-state index is 12.0. The second kappa shape index (κ2) is 5.23. The molecule has 0 atom stereocenters. The number of hydrogen-bond acceptors (Lipinski definition) is 3. The van der Waals surface area contributed by atoms with Crippen LogP contribution in [-0.4, -0.2) is 10.2 Å². The van der Waals surface area contributed by atoms with Crippen molar-refractivity contribution < 1.29 is 4.79 Å². The van der Waals surface area contributed by atoms with Gasteiger partial charge >= 0.3 is 0 Å². The zero-order chi connectivity index (χ0) is 15.1. The fourth-order valence-corrected chi connectivity index (χ4v) is 3.78. The number of carbonyl (C=O) groups excluding carboxylic acids is 1. The van der Waals surface area contributed by atoms with Gasteiger partial charge in [0.05, 0.1) is 4.91 Å². The Hall–Kier alpha value is -2.17. The van der Waals surface area contributed by atoms with Gasteiger partial charge in [0.15, 0.2) is 0 Å². The van der Waals surface area contributed by atoms with E-state index < -0.39 is 0 Å². The van der Waals surface area contributed by atoms with Crippen molar-refractivity contribution in [1.82, 2.24) is 5.32 Å². The minimum absolute atomic E-state index is 0.119. The summed E-state index contributed by atoms with van der Waals surface area (Å²) in [7, 11) is 0. The molecule has 3 aromatic rings. The van der Waals surface area contributed by atoms with Crippen LogP contribution >= 0.6 is 24.0 Å². The van der Waals surface area contributed by atoms with Gasteiger partial charge in [-0.3, -0.25) is 4.79 Å². The topological polar surface area (TPSA) is 29.1 Å². The molecule has 0 spiro atoms. The molecule has 0 radical (unpaired) electrons. The molecule has 0 saturated carbocycles. The highest BCUT2D eigenvalue weighted by atomic mass is 32.2. The van der Waals surface area contributed by atoms with Gasteiger partial charge in [-0.1, -0.05) is 72.5 Å². The zero-order valence-electron chi connectivity index (χ0n) is 11.5. The Morgan fingerprint density at radius 1 is 0.955 bits per heavy atom. The molecule has 1 saturated heterocycles. The van der Waals surface area contributed by atoms with Gasteiger partial charge in [0.25, 0.3) is 5.91 Å². The predicted octanol–water partition coefficient (Wildman–Crippen LogP) is 4.48. The highest BCUT2D eigenvalue weighted by Gasteiger charge is 2.22. The normalized spacial score (nSPS) is 16.6. The molecular weight excluding hydrogens is 310 g/mol. The van der Waals surface area contributed by atoms with E-state index in [9.17, 15) is 4.79 Å². The molecule has 1 fully saturated rings. The third-order valence-electron chi connectivity index (χ3n) is 3.73. The molecule has 1 amide bonds. The van der Waals surface area contributed by atoms with Crippen molar-refractivity contribution in [3.05, 3.63) is 65.1 Å². The molecule has 4 heteroatoms. The first-order chi connectivity index (χ1) is 10.7. The maximum atomic E-state index is 12.0. The Morgan fingerprint density at radius 2 is 1.55 bits per heavy atom. The highest BCUT2D eigenvalue weighted by molar-refractivity contribution is 8.26. The predicted molar refractivity (Wildman–Crippen MR) is 97.8 cm³/mol. The van der Waals surface area contributed by atoms with Gasteiger partial charge in [0, 0.05) is 0 Å². The van der Waals surface area contributed by atoms with Crippen molar-refractivity contribution in [2.45, 2.75) is 0 Å². The van der Waals surface area contributed by atoms with Crippen LogP contribution in [0.3, 0.4) is 0 Å². The molecule has 1 aliphatic rings. The third kappa shape index (κ3) is 2.21. The van der Waals surface area contributed by atoms with Crippen molar-refractivity contribution in [2.24, 2.45) is 0 Å². The lowest BCUT2D eigenvalue weighted by Crippen LogP contribution is -2.17. The van der Waals surface area contributed by atoms with Crippen molar-refractivity contribution in [1.29, 1.82) is 0 Å². The fourth-order valence-electron chi connectivity index (χ4n) is 2.76. The maximum Gasteiger partial charge on any atom is 0.263 e. The van der Waals surface area contributed by atoms with E-state index in [2.05, 4.69) is 35.6 Å². The van der Waals surface area contributed by atoms with Gasteiger partial charge in [-0.05, 0) is 39.3 Å². The number of carbonyl (C=O) groups is 1. The summed E-state index contributed by atoms with van der Waals surface area (Å²) >= 11 is 6.39. The average molecular weight is 321 g/mol. The standard InChI is InChI=1S/C18H11NOS2/c20-17-16(22-18(21)19-17)10-15-13-7-3-1-5-11(13)9-12-6-2-4-8-14(12)15/h1-10H,(H,19,20,21)/b16-10-. The molecule has 0 bridgehead atoms. The second-order valence-corrected chi connectivity index (χ2v) is 6.80. The minimum Gasteiger partial charge on any atom is -0.307 e. The molecule has 106 valence electrons. The largest absolute Gasteiger partial charge is 0.307 e. The number of thioether (sulfide) groups is 1. The monoisotopic (exact) mass is 321 g/mol. The molecule has 1 aliphatic heterocycles. The first kappa shape index (κ1) is 13.5. The Kier molecular flexibility index (Phi) is 3.21. The van der Waals surface area contributed by atoms with Gasteiger partial charge in [0.2, 0.25) is 0 Å². The Balaban J connectivity index is 2.07. The molecule has 0 aliphatic carbocycles. The van der Waals surface area contributed by atoms with Crippen LogP contribution in [0.15, 0.2) is 59.5 Å². The SMILES string of the molecule is O=C1NC(=S)S/C1=C\c1c2ccccc2cc2ccccc12. The van der Waals surface area contributed by atoms with Crippen LogP contribution in [0.1, 0.15) is 5.56 Å². The summed E-state index contributed by atoms with van der Waals surface area (Å²) in [5, 5.41) is 7.28. The van der Waals surface area contributed by atoms with Crippen LogP contribution in [0.2, 0.25) is 0 Å². The van der Waals surface area contributed by atoms with E-state index in [0.29, 0.717) is 9.23 Å². The average Bonchev–Trinajstić information content (AvgIpc) is 2.84. The van der Waals surface area contributed by atoms with E-state index in [4.69, 9.17) is 12.2 Å². The molecule has 1 heterocycles. The zero-order valence-corrected chi connectivity index (χ0v) is 13.1. The molecule has 4 rings (SSSR count). The van der Waals surface area contributed by atoms with E-state index in [1.807, 2.05) is 30.3 Å². The van der Waals surface area contributed by atoms with Gasteiger partial charge < -0.3 is 5.32 Å². The van der Waals surface area contributed by atoms with Crippen molar-refractivity contribution >= 4 is 61.8 Å². The number of hydrogen-bond donors (Lipinski definition) is 1. The van der Waals surface area contributed by atoms with Gasteiger partial charge in [-0.25, -0.2) is 0 Å². The van der Waals surface area contributed by atoms with Crippen LogP contribution < -0.4 is 5.32 Å². The van der Waals surface area contributed by atoms with E-state index in [-0.39, 0.29) is 5.91 Å². The summed E-state index contributed by atoms with van der Waals surface area (Å²) in [5.74, 6) is -0.119. The summed E-state index contributed by atoms with van der Waals surface area (Å²) < 4.78 is 0.515.